The first-order chi connectivity index (χ1) is 8.70. The van der Waals surface area contributed by atoms with Crippen LogP contribution in [-0.2, 0) is 4.79 Å². The highest BCUT2D eigenvalue weighted by molar-refractivity contribution is 9.10. The Morgan fingerprint density at radius 2 is 1.78 bits per heavy atom. The van der Waals surface area contributed by atoms with Crippen molar-refractivity contribution in [3.05, 3.63) is 22.7 Å². The predicted octanol–water partition coefficient (Wildman–Crippen LogP) is 3.91. The third-order valence-electron chi connectivity index (χ3n) is 4.00. The Morgan fingerprint density at radius 1 is 1.06 bits per heavy atom. The number of hydrogen-bond acceptors (Lipinski definition) is 2. The molecule has 1 amide bonds. The highest BCUT2D eigenvalue weighted by Crippen LogP contribution is 2.39. The highest BCUT2D eigenvalue weighted by atomic mass is 79.9. The number of benzene rings is 1. The molecule has 1 aromatic rings. The smallest absolute Gasteiger partial charge is 0.250 e. The number of fused-ring (bicyclic) bond motifs is 1. The Kier molecular flexibility index (Phi) is 3.06. The van der Waals surface area contributed by atoms with Crippen molar-refractivity contribution in [3.8, 4) is 0 Å². The van der Waals surface area contributed by atoms with E-state index in [2.05, 4.69) is 26.6 Å². The standard InChI is InChI=1S/C14H17BrN2O/c15-10-5-6-11-12(9-10)17-14(13(18)16-11)7-3-1-2-4-8-14/h5-6,9,17H,1-4,7-8H2,(H,16,18). The molecule has 1 heterocycles. The second kappa shape index (κ2) is 4.57. The summed E-state index contributed by atoms with van der Waals surface area (Å²) in [5, 5.41) is 6.55. The van der Waals surface area contributed by atoms with Gasteiger partial charge in [-0.2, -0.15) is 0 Å². The molecule has 18 heavy (non-hydrogen) atoms. The summed E-state index contributed by atoms with van der Waals surface area (Å²) in [6, 6.07) is 5.93. The largest absolute Gasteiger partial charge is 0.369 e. The molecule has 96 valence electrons. The molecule has 1 saturated carbocycles. The molecule has 3 rings (SSSR count). The molecule has 4 heteroatoms. The van der Waals surface area contributed by atoms with Crippen molar-refractivity contribution in [2.75, 3.05) is 10.6 Å². The molecule has 1 spiro atoms. The van der Waals surface area contributed by atoms with Gasteiger partial charge in [-0.3, -0.25) is 4.79 Å². The van der Waals surface area contributed by atoms with E-state index in [1.165, 1.54) is 12.8 Å². The minimum atomic E-state index is -0.385. The molecule has 0 atom stereocenters. The molecule has 2 aliphatic rings. The average molecular weight is 309 g/mol. The van der Waals surface area contributed by atoms with Crippen LogP contribution in [0.2, 0.25) is 0 Å². The van der Waals surface area contributed by atoms with Crippen molar-refractivity contribution >= 4 is 33.2 Å². The van der Waals surface area contributed by atoms with E-state index in [1.807, 2.05) is 18.2 Å². The van der Waals surface area contributed by atoms with Crippen molar-refractivity contribution in [1.82, 2.24) is 0 Å². The normalized spacial score (nSPS) is 21.7. The number of halogens is 1. The van der Waals surface area contributed by atoms with Gasteiger partial charge in [0.25, 0.3) is 0 Å². The zero-order chi connectivity index (χ0) is 12.6. The third kappa shape index (κ3) is 2.03. The second-order valence-corrected chi connectivity index (χ2v) is 6.18. The highest BCUT2D eigenvalue weighted by Gasteiger charge is 2.41. The molecule has 1 fully saturated rings. The van der Waals surface area contributed by atoms with Gasteiger partial charge in [0.1, 0.15) is 5.54 Å². The van der Waals surface area contributed by atoms with E-state index in [0.29, 0.717) is 0 Å². The molecule has 0 radical (unpaired) electrons. The summed E-state index contributed by atoms with van der Waals surface area (Å²) in [4.78, 5) is 12.4. The Bertz CT molecular complexity index is 479. The van der Waals surface area contributed by atoms with Crippen LogP contribution in [0.5, 0.6) is 0 Å². The number of anilines is 2. The molecular formula is C14H17BrN2O. The summed E-state index contributed by atoms with van der Waals surface area (Å²) in [5.41, 5.74) is 1.54. The topological polar surface area (TPSA) is 41.1 Å². The third-order valence-corrected chi connectivity index (χ3v) is 4.49. The van der Waals surface area contributed by atoms with Gasteiger partial charge < -0.3 is 10.6 Å². The summed E-state index contributed by atoms with van der Waals surface area (Å²) in [7, 11) is 0. The maximum atomic E-state index is 12.4. The molecule has 2 N–H and O–H groups in total. The minimum absolute atomic E-state index is 0.138. The molecule has 0 unspecified atom stereocenters. The van der Waals surface area contributed by atoms with Crippen molar-refractivity contribution < 1.29 is 4.79 Å². The molecule has 1 aliphatic heterocycles. The van der Waals surface area contributed by atoms with E-state index in [0.717, 1.165) is 41.5 Å². The Balaban J connectivity index is 1.96. The fraction of sp³-hybridized carbons (Fsp3) is 0.500. The molecule has 0 saturated heterocycles. The van der Waals surface area contributed by atoms with Gasteiger partial charge in [0.15, 0.2) is 0 Å². The van der Waals surface area contributed by atoms with Gasteiger partial charge in [-0.15, -0.1) is 0 Å². The Hall–Kier alpha value is -1.03. The van der Waals surface area contributed by atoms with Crippen molar-refractivity contribution in [2.45, 2.75) is 44.1 Å². The van der Waals surface area contributed by atoms with Crippen LogP contribution in [0.3, 0.4) is 0 Å². The first-order valence-corrected chi connectivity index (χ1v) is 7.38. The molecule has 0 aromatic heterocycles. The molecule has 1 aliphatic carbocycles. The summed E-state index contributed by atoms with van der Waals surface area (Å²) < 4.78 is 1.04. The molecule has 1 aromatic carbocycles. The van der Waals surface area contributed by atoms with Crippen LogP contribution in [0, 0.1) is 0 Å². The fourth-order valence-electron chi connectivity index (χ4n) is 2.97. The average Bonchev–Trinajstić information content (AvgIpc) is 2.58. The van der Waals surface area contributed by atoms with E-state index in [4.69, 9.17) is 0 Å². The quantitative estimate of drug-likeness (QED) is 0.763. The van der Waals surface area contributed by atoms with E-state index >= 15 is 0 Å². The summed E-state index contributed by atoms with van der Waals surface area (Å²) in [6.07, 6.45) is 6.60. The van der Waals surface area contributed by atoms with E-state index < -0.39 is 0 Å². The maximum Gasteiger partial charge on any atom is 0.250 e. The molecule has 3 nitrogen and oxygen atoms in total. The van der Waals surface area contributed by atoms with Crippen LogP contribution in [0.1, 0.15) is 38.5 Å². The zero-order valence-electron chi connectivity index (χ0n) is 10.3. The van der Waals surface area contributed by atoms with Gasteiger partial charge in [-0.1, -0.05) is 41.6 Å². The van der Waals surface area contributed by atoms with E-state index in [9.17, 15) is 4.79 Å². The van der Waals surface area contributed by atoms with E-state index in [1.54, 1.807) is 0 Å². The number of rotatable bonds is 0. The lowest BCUT2D eigenvalue weighted by Crippen LogP contribution is -2.52. The zero-order valence-corrected chi connectivity index (χ0v) is 11.8. The number of amides is 1. The molecular weight excluding hydrogens is 292 g/mol. The number of hydrogen-bond donors (Lipinski definition) is 2. The van der Waals surface area contributed by atoms with Crippen LogP contribution < -0.4 is 10.6 Å². The van der Waals surface area contributed by atoms with Gasteiger partial charge in [-0.05, 0) is 31.0 Å². The summed E-state index contributed by atoms with van der Waals surface area (Å²) in [5.74, 6) is 0.138. The minimum Gasteiger partial charge on any atom is -0.369 e. The van der Waals surface area contributed by atoms with Gasteiger partial charge >= 0.3 is 0 Å². The SMILES string of the molecule is O=C1Nc2ccc(Br)cc2NC12CCCCCC2. The lowest BCUT2D eigenvalue weighted by Gasteiger charge is -2.38. The van der Waals surface area contributed by atoms with Crippen LogP contribution >= 0.6 is 15.9 Å². The van der Waals surface area contributed by atoms with Crippen LogP contribution in [-0.4, -0.2) is 11.4 Å². The predicted molar refractivity (Wildman–Crippen MR) is 76.8 cm³/mol. The second-order valence-electron chi connectivity index (χ2n) is 5.27. The number of carbonyl (C=O) groups excluding carboxylic acids is 1. The molecule has 0 bridgehead atoms. The maximum absolute atomic E-state index is 12.4. The first kappa shape index (κ1) is 12.0. The Labute approximate surface area is 115 Å². The lowest BCUT2D eigenvalue weighted by molar-refractivity contribution is -0.121. The Morgan fingerprint density at radius 3 is 2.50 bits per heavy atom. The van der Waals surface area contributed by atoms with Gasteiger partial charge in [0.05, 0.1) is 11.4 Å². The van der Waals surface area contributed by atoms with Gasteiger partial charge in [0.2, 0.25) is 5.91 Å². The van der Waals surface area contributed by atoms with Crippen molar-refractivity contribution in [3.63, 3.8) is 0 Å². The summed E-state index contributed by atoms with van der Waals surface area (Å²) in [6.45, 7) is 0. The van der Waals surface area contributed by atoms with Crippen molar-refractivity contribution in [1.29, 1.82) is 0 Å². The van der Waals surface area contributed by atoms with Gasteiger partial charge in [0, 0.05) is 4.47 Å². The fourth-order valence-corrected chi connectivity index (χ4v) is 3.33. The lowest BCUT2D eigenvalue weighted by atomic mass is 9.87. The van der Waals surface area contributed by atoms with Crippen LogP contribution in [0.4, 0.5) is 11.4 Å². The van der Waals surface area contributed by atoms with Gasteiger partial charge in [-0.25, -0.2) is 0 Å². The van der Waals surface area contributed by atoms with Crippen LogP contribution in [0.15, 0.2) is 22.7 Å². The van der Waals surface area contributed by atoms with Crippen LogP contribution in [0.25, 0.3) is 0 Å². The first-order valence-electron chi connectivity index (χ1n) is 6.59. The van der Waals surface area contributed by atoms with E-state index in [-0.39, 0.29) is 11.4 Å². The number of nitrogens with one attached hydrogen (secondary N) is 2. The van der Waals surface area contributed by atoms with Crippen molar-refractivity contribution in [2.24, 2.45) is 0 Å². The summed E-state index contributed by atoms with van der Waals surface area (Å²) >= 11 is 3.48. The number of carbonyl (C=O) groups is 1. The monoisotopic (exact) mass is 308 g/mol.